The van der Waals surface area contributed by atoms with Gasteiger partial charge in [0.25, 0.3) is 0 Å². The number of hydrogen-bond acceptors (Lipinski definition) is 0. The third-order valence-electron chi connectivity index (χ3n) is 5.00. The van der Waals surface area contributed by atoms with Gasteiger partial charge in [-0.25, -0.2) is 0 Å². The van der Waals surface area contributed by atoms with Crippen molar-refractivity contribution in [2.24, 2.45) is 0 Å². The maximum atomic E-state index is 4.36. The summed E-state index contributed by atoms with van der Waals surface area (Å²) in [5.41, 5.74) is 9.14. The fraction of sp³-hybridized carbons (Fsp3) is 0.200. The Morgan fingerprint density at radius 1 is 0.880 bits per heavy atom. The van der Waals surface area contributed by atoms with Crippen LogP contribution in [0.4, 0.5) is 0 Å². The number of allylic oxidation sites excluding steroid dienone is 1. The summed E-state index contributed by atoms with van der Waals surface area (Å²) < 4.78 is 0. The van der Waals surface area contributed by atoms with Crippen LogP contribution in [0.1, 0.15) is 35.1 Å². The Morgan fingerprint density at radius 2 is 1.56 bits per heavy atom. The molecule has 126 valence electrons. The molecule has 1 atom stereocenters. The van der Waals surface area contributed by atoms with E-state index in [1.807, 2.05) is 0 Å². The highest BCUT2D eigenvalue weighted by Crippen LogP contribution is 2.30. The first kappa shape index (κ1) is 17.2. The summed E-state index contributed by atoms with van der Waals surface area (Å²) >= 11 is 0. The van der Waals surface area contributed by atoms with E-state index in [4.69, 9.17) is 0 Å². The second-order valence-electron chi connectivity index (χ2n) is 6.98. The SMILES string of the molecule is C=C(Cc1ccc(C)cc1)C(C)c1ccc(-c2ccccc2)c(C)c1. The summed E-state index contributed by atoms with van der Waals surface area (Å²) in [7, 11) is 0. The van der Waals surface area contributed by atoms with Crippen LogP contribution in [0.2, 0.25) is 0 Å². The Labute approximate surface area is 151 Å². The summed E-state index contributed by atoms with van der Waals surface area (Å²) in [5.74, 6) is 0.352. The lowest BCUT2D eigenvalue weighted by molar-refractivity contribution is 0.855. The second kappa shape index (κ2) is 7.53. The van der Waals surface area contributed by atoms with Crippen LogP contribution in [0.3, 0.4) is 0 Å². The van der Waals surface area contributed by atoms with Crippen LogP contribution in [0.15, 0.2) is 84.9 Å². The Bertz CT molecular complexity index is 854. The average molecular weight is 326 g/mol. The van der Waals surface area contributed by atoms with Crippen LogP contribution in [0, 0.1) is 13.8 Å². The predicted octanol–water partition coefficient (Wildman–Crippen LogP) is 6.87. The minimum Gasteiger partial charge on any atom is -0.0989 e. The largest absolute Gasteiger partial charge is 0.0989 e. The molecule has 1 unspecified atom stereocenters. The van der Waals surface area contributed by atoms with E-state index in [2.05, 4.69) is 100 Å². The van der Waals surface area contributed by atoms with Gasteiger partial charge in [-0.15, -0.1) is 0 Å². The lowest BCUT2D eigenvalue weighted by Crippen LogP contribution is -2.01. The number of rotatable bonds is 5. The van der Waals surface area contributed by atoms with Gasteiger partial charge in [-0.3, -0.25) is 0 Å². The molecule has 0 aliphatic carbocycles. The number of hydrogen-bond donors (Lipinski definition) is 0. The first-order valence-corrected chi connectivity index (χ1v) is 8.94. The highest BCUT2D eigenvalue weighted by molar-refractivity contribution is 5.67. The van der Waals surface area contributed by atoms with E-state index >= 15 is 0 Å². The molecule has 0 bridgehead atoms. The van der Waals surface area contributed by atoms with Gasteiger partial charge in [0.15, 0.2) is 0 Å². The van der Waals surface area contributed by atoms with Crippen LogP contribution in [-0.4, -0.2) is 0 Å². The minimum atomic E-state index is 0.352. The van der Waals surface area contributed by atoms with E-state index in [0.29, 0.717) is 5.92 Å². The fourth-order valence-corrected chi connectivity index (χ4v) is 3.25. The molecule has 0 saturated carbocycles. The Kier molecular flexibility index (Phi) is 5.19. The molecule has 0 aliphatic rings. The summed E-state index contributed by atoms with van der Waals surface area (Å²) in [5, 5.41) is 0. The van der Waals surface area contributed by atoms with Gasteiger partial charge >= 0.3 is 0 Å². The maximum Gasteiger partial charge on any atom is 0.00205 e. The zero-order valence-electron chi connectivity index (χ0n) is 15.4. The smallest absolute Gasteiger partial charge is 0.00205 e. The summed E-state index contributed by atoms with van der Waals surface area (Å²) in [6.45, 7) is 10.9. The van der Waals surface area contributed by atoms with Gasteiger partial charge in [-0.2, -0.15) is 0 Å². The van der Waals surface area contributed by atoms with Crippen molar-refractivity contribution < 1.29 is 0 Å². The van der Waals surface area contributed by atoms with E-state index in [1.165, 1.54) is 39.0 Å². The van der Waals surface area contributed by atoms with Crippen LogP contribution in [-0.2, 0) is 6.42 Å². The van der Waals surface area contributed by atoms with Crippen LogP contribution < -0.4 is 0 Å². The molecule has 0 aliphatic heterocycles. The maximum absolute atomic E-state index is 4.36. The van der Waals surface area contributed by atoms with Crippen LogP contribution in [0.5, 0.6) is 0 Å². The van der Waals surface area contributed by atoms with Crippen molar-refractivity contribution in [3.8, 4) is 11.1 Å². The molecule has 3 aromatic carbocycles. The van der Waals surface area contributed by atoms with E-state index < -0.39 is 0 Å². The fourth-order valence-electron chi connectivity index (χ4n) is 3.25. The summed E-state index contributed by atoms with van der Waals surface area (Å²) in [4.78, 5) is 0. The van der Waals surface area contributed by atoms with Crippen molar-refractivity contribution >= 4 is 0 Å². The van der Waals surface area contributed by atoms with Gasteiger partial charge in [-0.1, -0.05) is 97.4 Å². The molecule has 3 rings (SSSR count). The Hall–Kier alpha value is -2.60. The lowest BCUT2D eigenvalue weighted by Gasteiger charge is -2.18. The molecule has 0 nitrogen and oxygen atoms in total. The van der Waals surface area contributed by atoms with Crippen molar-refractivity contribution in [1.29, 1.82) is 0 Å². The van der Waals surface area contributed by atoms with Gasteiger partial charge in [0.2, 0.25) is 0 Å². The molecule has 25 heavy (non-hydrogen) atoms. The molecule has 0 saturated heterocycles. The number of aryl methyl sites for hydroxylation is 2. The van der Waals surface area contributed by atoms with Gasteiger partial charge in [0.1, 0.15) is 0 Å². The Balaban J connectivity index is 1.78. The van der Waals surface area contributed by atoms with Gasteiger partial charge in [-0.05, 0) is 48.1 Å². The Morgan fingerprint density at radius 3 is 2.20 bits per heavy atom. The van der Waals surface area contributed by atoms with Crippen molar-refractivity contribution in [1.82, 2.24) is 0 Å². The normalized spacial score (nSPS) is 12.0. The van der Waals surface area contributed by atoms with Crippen LogP contribution in [0.25, 0.3) is 11.1 Å². The summed E-state index contributed by atoms with van der Waals surface area (Å²) in [6, 6.07) is 26.1. The van der Waals surface area contributed by atoms with E-state index in [1.54, 1.807) is 0 Å². The molecule has 3 aromatic rings. The molecule has 0 radical (unpaired) electrons. The highest BCUT2D eigenvalue weighted by Gasteiger charge is 2.12. The summed E-state index contributed by atoms with van der Waals surface area (Å²) in [6.07, 6.45) is 0.931. The van der Waals surface area contributed by atoms with Crippen molar-refractivity contribution in [3.05, 3.63) is 107 Å². The van der Waals surface area contributed by atoms with Crippen molar-refractivity contribution in [2.75, 3.05) is 0 Å². The lowest BCUT2D eigenvalue weighted by atomic mass is 9.87. The first-order chi connectivity index (χ1) is 12.0. The monoisotopic (exact) mass is 326 g/mol. The standard InChI is InChI=1S/C25H26/c1-18-10-12-22(13-11-18)16-19(2)21(4)24-14-15-25(20(3)17-24)23-8-6-5-7-9-23/h5-15,17,21H,2,16H2,1,3-4H3. The van der Waals surface area contributed by atoms with Gasteiger partial charge < -0.3 is 0 Å². The molecular weight excluding hydrogens is 300 g/mol. The minimum absolute atomic E-state index is 0.352. The van der Waals surface area contributed by atoms with E-state index in [0.717, 1.165) is 6.42 Å². The molecule has 0 fully saturated rings. The van der Waals surface area contributed by atoms with Crippen LogP contribution >= 0.6 is 0 Å². The molecule has 0 heterocycles. The zero-order chi connectivity index (χ0) is 17.8. The number of benzene rings is 3. The van der Waals surface area contributed by atoms with Gasteiger partial charge in [0.05, 0.1) is 0 Å². The molecule has 0 heteroatoms. The third kappa shape index (κ3) is 4.09. The molecule has 0 spiro atoms. The highest BCUT2D eigenvalue weighted by atomic mass is 14.2. The van der Waals surface area contributed by atoms with Gasteiger partial charge in [0, 0.05) is 5.92 Å². The van der Waals surface area contributed by atoms with Crippen molar-refractivity contribution in [3.63, 3.8) is 0 Å². The molecule has 0 N–H and O–H groups in total. The topological polar surface area (TPSA) is 0 Å². The van der Waals surface area contributed by atoms with E-state index in [-0.39, 0.29) is 0 Å². The predicted molar refractivity (Wildman–Crippen MR) is 109 cm³/mol. The molecule has 0 aromatic heterocycles. The quantitative estimate of drug-likeness (QED) is 0.449. The van der Waals surface area contributed by atoms with Crippen molar-refractivity contribution in [2.45, 2.75) is 33.1 Å². The zero-order valence-corrected chi connectivity index (χ0v) is 15.4. The molecular formula is C25H26. The molecule has 0 amide bonds. The third-order valence-corrected chi connectivity index (χ3v) is 5.00. The average Bonchev–Trinajstić information content (AvgIpc) is 2.63. The second-order valence-corrected chi connectivity index (χ2v) is 6.98. The van der Waals surface area contributed by atoms with E-state index in [9.17, 15) is 0 Å². The first-order valence-electron chi connectivity index (χ1n) is 8.94.